The van der Waals surface area contributed by atoms with Gasteiger partial charge in [-0.2, -0.15) is 8.61 Å². The van der Waals surface area contributed by atoms with Gasteiger partial charge in [0.2, 0.25) is 26.0 Å². The fraction of sp³-hybridized carbons (Fsp3) is 0.667. The number of carboxylic acids is 1. The standard InChI is InChI=1S/C25H38N4O4S.C23H33N3O5S/c1-5-26-23(30)19-7-6-12-28(17-19)34(31,32)20-8-9-22-21(15-20)27-24(25(2,3)4)29(22)16-18-10-13-33-14-11-18;1-23(2,3)22-24-19-13-18(32(29,30)25-10-4-5-17(15-25)21(27)28)6-7-20(19)26(22)14-16-8-11-31-12-9-16/h8-9,15,18-19H,5-7,10-14,16-17H2,1-4H3,(H,26,30);6-7,13,16-17H,4-5,8-12,14-15H2,1-3H3,(H,27,28). The SMILES string of the molecule is CC(C)(C)c1nc2cc(S(=O)(=O)N3CCCC(C(=O)O)C3)ccc2n1CC1CCOCC1.CCNC(=O)C1CCCN(S(=O)(=O)c2ccc3c(c2)nc(C(C)(C)C)n3CC2CCOCC2)C1. The van der Waals surface area contributed by atoms with Crippen molar-refractivity contribution < 1.29 is 41.0 Å². The van der Waals surface area contributed by atoms with Gasteiger partial charge in [0.05, 0.1) is 43.7 Å². The first-order valence-electron chi connectivity index (χ1n) is 23.9. The van der Waals surface area contributed by atoms with Gasteiger partial charge < -0.3 is 29.0 Å². The van der Waals surface area contributed by atoms with Crippen LogP contribution in [0.4, 0.5) is 0 Å². The normalized spacial score (nSPS) is 21.4. The van der Waals surface area contributed by atoms with Crippen LogP contribution in [0.5, 0.6) is 0 Å². The first kappa shape index (κ1) is 50.0. The topological polar surface area (TPSA) is 195 Å². The van der Waals surface area contributed by atoms with Gasteiger partial charge in [-0.15, -0.1) is 0 Å². The molecule has 2 atom stereocenters. The molecule has 0 aliphatic carbocycles. The molecule has 2 aromatic heterocycles. The molecule has 6 heterocycles. The van der Waals surface area contributed by atoms with E-state index in [9.17, 15) is 31.5 Å². The van der Waals surface area contributed by atoms with Crippen molar-refractivity contribution in [1.29, 1.82) is 0 Å². The number of aliphatic carboxylic acids is 1. The Hall–Kier alpha value is -3.94. The molecule has 4 aromatic rings. The number of ether oxygens (including phenoxy) is 2. The monoisotopic (exact) mass is 953 g/mol. The summed E-state index contributed by atoms with van der Waals surface area (Å²) in [6.45, 7) is 21.0. The number of carbonyl (C=O) groups is 2. The molecule has 2 unspecified atom stereocenters. The van der Waals surface area contributed by atoms with Crippen molar-refractivity contribution in [2.75, 3.05) is 59.2 Å². The Kier molecular flexibility index (Phi) is 15.4. The summed E-state index contributed by atoms with van der Waals surface area (Å²) in [6, 6.07) is 10.4. The van der Waals surface area contributed by atoms with E-state index in [1.807, 2.05) is 19.1 Å². The van der Waals surface area contributed by atoms with Crippen molar-refractivity contribution in [3.05, 3.63) is 48.0 Å². The number of carbonyl (C=O) groups excluding carboxylic acids is 1. The van der Waals surface area contributed by atoms with E-state index in [-0.39, 0.29) is 45.5 Å². The second-order valence-electron chi connectivity index (χ2n) is 20.6. The number of fused-ring (bicyclic) bond motifs is 2. The molecule has 0 radical (unpaired) electrons. The molecule has 4 fully saturated rings. The molecular weight excluding hydrogens is 883 g/mol. The lowest BCUT2D eigenvalue weighted by Gasteiger charge is -2.31. The molecule has 16 nitrogen and oxygen atoms in total. The van der Waals surface area contributed by atoms with Crippen LogP contribution in [0.2, 0.25) is 0 Å². The van der Waals surface area contributed by atoms with E-state index < -0.39 is 31.9 Å². The van der Waals surface area contributed by atoms with Crippen molar-refractivity contribution in [2.24, 2.45) is 23.7 Å². The minimum atomic E-state index is -3.78. The third kappa shape index (κ3) is 11.2. The molecule has 0 spiro atoms. The molecule has 8 rings (SSSR count). The summed E-state index contributed by atoms with van der Waals surface area (Å²) < 4.78 is 71.9. The lowest BCUT2D eigenvalue weighted by molar-refractivity contribution is -0.142. The first-order valence-corrected chi connectivity index (χ1v) is 26.7. The number of carboxylic acid groups (broad SMARTS) is 1. The number of hydrogen-bond donors (Lipinski definition) is 2. The average molecular weight is 954 g/mol. The number of piperidine rings is 2. The Labute approximate surface area is 390 Å². The summed E-state index contributed by atoms with van der Waals surface area (Å²) in [6.07, 6.45) is 6.51. The summed E-state index contributed by atoms with van der Waals surface area (Å²) in [7, 11) is -7.50. The number of aromatic nitrogens is 4. The van der Waals surface area contributed by atoms with Crippen molar-refractivity contribution in [1.82, 2.24) is 33.0 Å². The Bertz CT molecular complexity index is 2580. The van der Waals surface area contributed by atoms with Crippen molar-refractivity contribution in [3.63, 3.8) is 0 Å². The molecule has 18 heteroatoms. The Balaban J connectivity index is 0.000000197. The number of nitrogens with zero attached hydrogens (tertiary/aromatic N) is 6. The van der Waals surface area contributed by atoms with Crippen molar-refractivity contribution >= 4 is 54.0 Å². The number of nitrogens with one attached hydrogen (secondary N) is 1. The molecule has 364 valence electrons. The zero-order valence-electron chi connectivity index (χ0n) is 39.9. The molecule has 4 aliphatic rings. The maximum Gasteiger partial charge on any atom is 0.307 e. The quantitative estimate of drug-likeness (QED) is 0.166. The molecule has 0 saturated carbocycles. The molecular formula is C48H71N7O9S2. The second-order valence-corrected chi connectivity index (χ2v) is 24.5. The maximum absolute atomic E-state index is 13.5. The van der Waals surface area contributed by atoms with Crippen LogP contribution in [0, 0.1) is 23.7 Å². The van der Waals surface area contributed by atoms with Gasteiger partial charge in [0.25, 0.3) is 0 Å². The summed E-state index contributed by atoms with van der Waals surface area (Å²) >= 11 is 0. The highest BCUT2D eigenvalue weighted by molar-refractivity contribution is 7.89. The molecule has 66 heavy (non-hydrogen) atoms. The van der Waals surface area contributed by atoms with E-state index in [1.54, 1.807) is 24.3 Å². The van der Waals surface area contributed by atoms with Crippen LogP contribution in [0.1, 0.15) is 111 Å². The van der Waals surface area contributed by atoms with E-state index in [4.69, 9.17) is 19.4 Å². The van der Waals surface area contributed by atoms with Gasteiger partial charge in [-0.3, -0.25) is 9.59 Å². The highest BCUT2D eigenvalue weighted by Gasteiger charge is 2.36. The van der Waals surface area contributed by atoms with Crippen LogP contribution in [0.15, 0.2) is 46.2 Å². The lowest BCUT2D eigenvalue weighted by Crippen LogP contribution is -2.45. The van der Waals surface area contributed by atoms with Gasteiger partial charge in [-0.05, 0) is 107 Å². The number of benzene rings is 2. The van der Waals surface area contributed by atoms with Crippen LogP contribution in [-0.4, -0.2) is 121 Å². The summed E-state index contributed by atoms with van der Waals surface area (Å²) in [5.41, 5.74) is 2.91. The van der Waals surface area contributed by atoms with Gasteiger partial charge in [0.1, 0.15) is 11.6 Å². The molecule has 4 saturated heterocycles. The van der Waals surface area contributed by atoms with E-state index in [0.717, 1.165) is 87.9 Å². The summed E-state index contributed by atoms with van der Waals surface area (Å²) in [5.74, 6) is 0.964. The average Bonchev–Trinajstić information content (AvgIpc) is 3.85. The van der Waals surface area contributed by atoms with Gasteiger partial charge in [-0.25, -0.2) is 26.8 Å². The van der Waals surface area contributed by atoms with Gasteiger partial charge >= 0.3 is 5.97 Å². The van der Waals surface area contributed by atoms with Crippen molar-refractivity contribution in [2.45, 2.75) is 134 Å². The van der Waals surface area contributed by atoms with E-state index >= 15 is 0 Å². The Morgan fingerprint density at radius 2 is 1.08 bits per heavy atom. The summed E-state index contributed by atoms with van der Waals surface area (Å²) in [5, 5.41) is 12.2. The summed E-state index contributed by atoms with van der Waals surface area (Å²) in [4.78, 5) is 33.9. The fourth-order valence-electron chi connectivity index (χ4n) is 9.78. The van der Waals surface area contributed by atoms with Crippen LogP contribution >= 0.6 is 0 Å². The minimum absolute atomic E-state index is 0.0150. The predicted molar refractivity (Wildman–Crippen MR) is 253 cm³/mol. The van der Waals surface area contributed by atoms with Gasteiger partial charge in [0, 0.05) is 83.1 Å². The fourth-order valence-corrected chi connectivity index (χ4v) is 12.9. The van der Waals surface area contributed by atoms with Crippen LogP contribution in [0.3, 0.4) is 0 Å². The van der Waals surface area contributed by atoms with Gasteiger partial charge in [-0.1, -0.05) is 41.5 Å². The Morgan fingerprint density at radius 3 is 1.47 bits per heavy atom. The minimum Gasteiger partial charge on any atom is -0.481 e. The number of hydrogen-bond acceptors (Lipinski definition) is 10. The molecule has 0 bridgehead atoms. The molecule has 2 aromatic carbocycles. The molecule has 2 N–H and O–H groups in total. The molecule has 4 aliphatic heterocycles. The first-order chi connectivity index (χ1) is 31.2. The van der Waals surface area contributed by atoms with Crippen LogP contribution < -0.4 is 5.32 Å². The zero-order chi connectivity index (χ0) is 47.6. The molecule has 1 amide bonds. The third-order valence-electron chi connectivity index (χ3n) is 13.5. The second kappa shape index (κ2) is 20.3. The van der Waals surface area contributed by atoms with E-state index in [0.29, 0.717) is 68.2 Å². The number of rotatable bonds is 11. The third-order valence-corrected chi connectivity index (χ3v) is 17.2. The highest BCUT2D eigenvalue weighted by atomic mass is 32.2. The maximum atomic E-state index is 13.5. The lowest BCUT2D eigenvalue weighted by atomic mass is 9.94. The largest absolute Gasteiger partial charge is 0.481 e. The smallest absolute Gasteiger partial charge is 0.307 e. The Morgan fingerprint density at radius 1 is 0.667 bits per heavy atom. The highest BCUT2D eigenvalue weighted by Crippen LogP contribution is 2.34. The van der Waals surface area contributed by atoms with Crippen LogP contribution in [-0.2, 0) is 63.0 Å². The number of imidazole rings is 2. The van der Waals surface area contributed by atoms with E-state index in [1.165, 1.54) is 8.61 Å². The number of sulfonamides is 2. The predicted octanol–water partition coefficient (Wildman–Crippen LogP) is 6.54. The van der Waals surface area contributed by atoms with Crippen molar-refractivity contribution in [3.8, 4) is 0 Å². The zero-order valence-corrected chi connectivity index (χ0v) is 41.6. The van der Waals surface area contributed by atoms with Crippen LogP contribution in [0.25, 0.3) is 22.1 Å². The van der Waals surface area contributed by atoms with Gasteiger partial charge in [0.15, 0.2) is 0 Å². The van der Waals surface area contributed by atoms with E-state index in [2.05, 4.69) is 56.0 Å². The number of amides is 1.